The summed E-state index contributed by atoms with van der Waals surface area (Å²) >= 11 is 5.77. The van der Waals surface area contributed by atoms with E-state index in [1.165, 1.54) is 42.5 Å². The van der Waals surface area contributed by atoms with Crippen LogP contribution >= 0.6 is 11.6 Å². The normalized spacial score (nSPS) is 11.1. The summed E-state index contributed by atoms with van der Waals surface area (Å²) in [5.74, 6) is -1.26. The van der Waals surface area contributed by atoms with Crippen LogP contribution in [0.2, 0.25) is 5.02 Å². The van der Waals surface area contributed by atoms with Crippen LogP contribution in [-0.2, 0) is 14.8 Å². The molecule has 2 aromatic carbocycles. The summed E-state index contributed by atoms with van der Waals surface area (Å²) in [6.45, 7) is -0.477. The molecule has 2 rings (SSSR count). The van der Waals surface area contributed by atoms with Gasteiger partial charge < -0.3 is 5.32 Å². The number of carbonyl (C=O) groups excluding carboxylic acids is 1. The van der Waals surface area contributed by atoms with Crippen LogP contribution in [-0.4, -0.2) is 27.1 Å². The number of nitrogens with zero attached hydrogens (tertiary/aromatic N) is 1. The van der Waals surface area contributed by atoms with Crippen molar-refractivity contribution >= 4 is 38.9 Å². The summed E-state index contributed by atoms with van der Waals surface area (Å²) in [5, 5.41) is 2.79. The van der Waals surface area contributed by atoms with Gasteiger partial charge in [-0.05, 0) is 36.4 Å². The lowest BCUT2D eigenvalue weighted by molar-refractivity contribution is -0.114. The van der Waals surface area contributed by atoms with Crippen LogP contribution in [0.25, 0.3) is 0 Å². The molecule has 1 amide bonds. The van der Waals surface area contributed by atoms with Gasteiger partial charge in [-0.25, -0.2) is 12.8 Å². The standard InChI is InChI=1S/C15H14ClFN2O3S/c1-23(21,22)19(12-8-6-11(16)7-9-12)10-15(20)18-14-5-3-2-4-13(14)17/h2-9H,10H2,1H3,(H,18,20). The summed E-state index contributed by atoms with van der Waals surface area (Å²) in [6.07, 6.45) is 0.984. The molecule has 0 bridgehead atoms. The smallest absolute Gasteiger partial charge is 0.245 e. The summed E-state index contributed by atoms with van der Waals surface area (Å²) in [4.78, 5) is 12.1. The van der Waals surface area contributed by atoms with E-state index in [0.29, 0.717) is 10.7 Å². The molecule has 0 unspecified atom stereocenters. The van der Waals surface area contributed by atoms with Crippen LogP contribution in [0.3, 0.4) is 0 Å². The zero-order chi connectivity index (χ0) is 17.0. The number of hydrogen-bond acceptors (Lipinski definition) is 3. The van der Waals surface area contributed by atoms with Crippen molar-refractivity contribution in [1.82, 2.24) is 0 Å². The second-order valence-electron chi connectivity index (χ2n) is 4.77. The van der Waals surface area contributed by atoms with Crippen molar-refractivity contribution in [1.29, 1.82) is 0 Å². The quantitative estimate of drug-likeness (QED) is 0.895. The van der Waals surface area contributed by atoms with Crippen LogP contribution in [0.1, 0.15) is 0 Å². The van der Waals surface area contributed by atoms with E-state index in [-0.39, 0.29) is 5.69 Å². The van der Waals surface area contributed by atoms with Crippen LogP contribution < -0.4 is 9.62 Å². The van der Waals surface area contributed by atoms with Gasteiger partial charge in [0.25, 0.3) is 0 Å². The van der Waals surface area contributed by atoms with Gasteiger partial charge in [-0.3, -0.25) is 9.10 Å². The Morgan fingerprint density at radius 2 is 1.78 bits per heavy atom. The largest absolute Gasteiger partial charge is 0.322 e. The molecule has 0 aliphatic heterocycles. The van der Waals surface area contributed by atoms with E-state index in [9.17, 15) is 17.6 Å². The van der Waals surface area contributed by atoms with E-state index < -0.39 is 28.3 Å². The summed E-state index contributed by atoms with van der Waals surface area (Å²) in [7, 11) is -3.69. The van der Waals surface area contributed by atoms with Crippen LogP contribution in [0.5, 0.6) is 0 Å². The molecular formula is C15H14ClFN2O3S. The molecule has 8 heteroatoms. The molecule has 0 aliphatic rings. The van der Waals surface area contributed by atoms with E-state index in [1.54, 1.807) is 6.07 Å². The number of carbonyl (C=O) groups is 1. The van der Waals surface area contributed by atoms with Gasteiger partial charge >= 0.3 is 0 Å². The number of anilines is 2. The number of benzene rings is 2. The number of hydrogen-bond donors (Lipinski definition) is 1. The minimum Gasteiger partial charge on any atom is -0.322 e. The molecule has 23 heavy (non-hydrogen) atoms. The molecule has 0 heterocycles. The zero-order valence-corrected chi connectivity index (χ0v) is 13.7. The predicted molar refractivity (Wildman–Crippen MR) is 88.7 cm³/mol. The number of halogens is 2. The number of sulfonamides is 1. The Labute approximate surface area is 138 Å². The zero-order valence-electron chi connectivity index (χ0n) is 12.2. The molecule has 0 saturated heterocycles. The Morgan fingerprint density at radius 3 is 2.35 bits per heavy atom. The first kappa shape index (κ1) is 17.2. The first-order valence-corrected chi connectivity index (χ1v) is 8.77. The first-order valence-electron chi connectivity index (χ1n) is 6.55. The van der Waals surface area contributed by atoms with Crippen LogP contribution in [0.15, 0.2) is 48.5 Å². The van der Waals surface area contributed by atoms with Crippen molar-refractivity contribution in [2.75, 3.05) is 22.4 Å². The fourth-order valence-electron chi connectivity index (χ4n) is 1.89. The molecule has 0 aliphatic carbocycles. The lowest BCUT2D eigenvalue weighted by Crippen LogP contribution is -2.37. The van der Waals surface area contributed by atoms with Crippen molar-refractivity contribution < 1.29 is 17.6 Å². The van der Waals surface area contributed by atoms with Crippen molar-refractivity contribution in [3.05, 3.63) is 59.4 Å². The Balaban J connectivity index is 2.20. The SMILES string of the molecule is CS(=O)(=O)N(CC(=O)Nc1ccccc1F)c1ccc(Cl)cc1. The first-order chi connectivity index (χ1) is 10.8. The fraction of sp³-hybridized carbons (Fsp3) is 0.133. The van der Waals surface area contributed by atoms with E-state index >= 15 is 0 Å². The monoisotopic (exact) mass is 356 g/mol. The maximum absolute atomic E-state index is 13.5. The Kier molecular flexibility index (Phi) is 5.23. The Bertz CT molecular complexity index is 810. The third-order valence-electron chi connectivity index (χ3n) is 2.95. The van der Waals surface area contributed by atoms with Gasteiger partial charge in [0.15, 0.2) is 0 Å². The topological polar surface area (TPSA) is 66.5 Å². The van der Waals surface area contributed by atoms with E-state index in [4.69, 9.17) is 11.6 Å². The van der Waals surface area contributed by atoms with Gasteiger partial charge in [-0.15, -0.1) is 0 Å². The molecule has 0 fully saturated rings. The number of rotatable bonds is 5. The van der Waals surface area contributed by atoms with Crippen LogP contribution in [0, 0.1) is 5.82 Å². The van der Waals surface area contributed by atoms with Gasteiger partial charge in [0.05, 0.1) is 17.6 Å². The van der Waals surface area contributed by atoms with E-state index in [0.717, 1.165) is 10.6 Å². The van der Waals surface area contributed by atoms with E-state index in [2.05, 4.69) is 5.32 Å². The molecular weight excluding hydrogens is 343 g/mol. The Hall–Kier alpha value is -2.12. The highest BCUT2D eigenvalue weighted by Gasteiger charge is 2.21. The Morgan fingerprint density at radius 1 is 1.17 bits per heavy atom. The average Bonchev–Trinajstić information content (AvgIpc) is 2.47. The highest BCUT2D eigenvalue weighted by Crippen LogP contribution is 2.20. The molecule has 122 valence electrons. The molecule has 0 radical (unpaired) electrons. The maximum atomic E-state index is 13.5. The lowest BCUT2D eigenvalue weighted by atomic mass is 10.3. The average molecular weight is 357 g/mol. The molecule has 0 spiro atoms. The van der Waals surface area contributed by atoms with Crippen molar-refractivity contribution in [2.24, 2.45) is 0 Å². The minimum atomic E-state index is -3.69. The van der Waals surface area contributed by atoms with Gasteiger partial charge in [-0.1, -0.05) is 23.7 Å². The summed E-state index contributed by atoms with van der Waals surface area (Å²) in [6, 6.07) is 11.6. The predicted octanol–water partition coefficient (Wildman–Crippen LogP) is 2.88. The second kappa shape index (κ2) is 6.97. The van der Waals surface area contributed by atoms with Gasteiger partial charge in [-0.2, -0.15) is 0 Å². The van der Waals surface area contributed by atoms with Crippen molar-refractivity contribution in [2.45, 2.75) is 0 Å². The number of amides is 1. The number of para-hydroxylation sites is 1. The highest BCUT2D eigenvalue weighted by molar-refractivity contribution is 7.92. The summed E-state index contributed by atoms with van der Waals surface area (Å²) < 4.78 is 38.3. The van der Waals surface area contributed by atoms with Crippen molar-refractivity contribution in [3.63, 3.8) is 0 Å². The molecule has 0 aromatic heterocycles. The highest BCUT2D eigenvalue weighted by atomic mass is 35.5. The third kappa shape index (κ3) is 4.67. The molecule has 0 saturated carbocycles. The second-order valence-corrected chi connectivity index (χ2v) is 7.12. The minimum absolute atomic E-state index is 0.0120. The molecule has 1 N–H and O–H groups in total. The summed E-state index contributed by atoms with van der Waals surface area (Å²) in [5.41, 5.74) is 0.280. The van der Waals surface area contributed by atoms with Gasteiger partial charge in [0, 0.05) is 5.02 Å². The number of nitrogens with one attached hydrogen (secondary N) is 1. The van der Waals surface area contributed by atoms with Crippen molar-refractivity contribution in [3.8, 4) is 0 Å². The van der Waals surface area contributed by atoms with Gasteiger partial charge in [0.1, 0.15) is 12.4 Å². The molecule has 5 nitrogen and oxygen atoms in total. The maximum Gasteiger partial charge on any atom is 0.245 e. The fourth-order valence-corrected chi connectivity index (χ4v) is 2.87. The molecule has 0 atom stereocenters. The third-order valence-corrected chi connectivity index (χ3v) is 4.34. The lowest BCUT2D eigenvalue weighted by Gasteiger charge is -2.22. The van der Waals surface area contributed by atoms with Gasteiger partial charge in [0.2, 0.25) is 15.9 Å². The van der Waals surface area contributed by atoms with E-state index in [1.807, 2.05) is 0 Å². The van der Waals surface area contributed by atoms with Crippen LogP contribution in [0.4, 0.5) is 15.8 Å². The molecule has 2 aromatic rings.